The number of halogens is 1. The number of hydrogen-bond donors (Lipinski definition) is 0. The molecule has 2 aromatic carbocycles. The van der Waals surface area contributed by atoms with Gasteiger partial charge in [0.05, 0.1) is 18.2 Å². The predicted molar refractivity (Wildman–Crippen MR) is 128 cm³/mol. The van der Waals surface area contributed by atoms with E-state index in [1.807, 2.05) is 13.0 Å². The number of benzene rings is 2. The molecule has 172 valence electrons. The topological polar surface area (TPSA) is 39.5 Å². The summed E-state index contributed by atoms with van der Waals surface area (Å²) in [6.45, 7) is 11.7. The molecule has 0 saturated carbocycles. The van der Waals surface area contributed by atoms with Crippen molar-refractivity contribution in [3.8, 4) is 11.8 Å². The van der Waals surface area contributed by atoms with E-state index in [0.717, 1.165) is 69.0 Å². The summed E-state index contributed by atoms with van der Waals surface area (Å²) in [4.78, 5) is 5.10. The summed E-state index contributed by atoms with van der Waals surface area (Å²) in [6.07, 6.45) is 4.53. The first-order chi connectivity index (χ1) is 15.6. The van der Waals surface area contributed by atoms with Crippen molar-refractivity contribution in [1.29, 1.82) is 5.26 Å². The molecule has 0 spiro atoms. The molecule has 5 heteroatoms. The third-order valence-electron chi connectivity index (χ3n) is 6.53. The fourth-order valence-corrected chi connectivity index (χ4v) is 4.48. The molecule has 2 aromatic rings. The first kappa shape index (κ1) is 24.2. The largest absolute Gasteiger partial charge is 0.494 e. The molecular formula is C27H36FN3O. The Hall–Kier alpha value is -2.42. The van der Waals surface area contributed by atoms with Gasteiger partial charge in [0.25, 0.3) is 0 Å². The van der Waals surface area contributed by atoms with E-state index < -0.39 is 0 Å². The molecular weight excluding hydrogens is 401 g/mol. The first-order valence-corrected chi connectivity index (χ1v) is 11.9. The number of nitriles is 1. The quantitative estimate of drug-likeness (QED) is 0.443. The predicted octanol–water partition coefficient (Wildman–Crippen LogP) is 5.37. The van der Waals surface area contributed by atoms with E-state index in [1.54, 1.807) is 12.1 Å². The normalized spacial score (nSPS) is 15.9. The van der Waals surface area contributed by atoms with Gasteiger partial charge in [0.15, 0.2) is 0 Å². The second-order valence-corrected chi connectivity index (χ2v) is 8.77. The highest BCUT2D eigenvalue weighted by atomic mass is 19.1. The van der Waals surface area contributed by atoms with Crippen molar-refractivity contribution in [2.75, 3.05) is 45.9 Å². The second-order valence-electron chi connectivity index (χ2n) is 8.77. The zero-order valence-corrected chi connectivity index (χ0v) is 19.5. The van der Waals surface area contributed by atoms with Crippen LogP contribution in [0.5, 0.6) is 5.75 Å². The second kappa shape index (κ2) is 12.6. The Balaban J connectivity index is 1.30. The number of aryl methyl sites for hydroxylation is 1. The van der Waals surface area contributed by atoms with E-state index in [0.29, 0.717) is 12.5 Å². The molecule has 32 heavy (non-hydrogen) atoms. The van der Waals surface area contributed by atoms with Crippen LogP contribution in [-0.2, 0) is 0 Å². The van der Waals surface area contributed by atoms with Crippen LogP contribution in [0.15, 0.2) is 42.5 Å². The van der Waals surface area contributed by atoms with Gasteiger partial charge in [0, 0.05) is 32.7 Å². The minimum absolute atomic E-state index is 0.232. The average Bonchev–Trinajstić information content (AvgIpc) is 2.81. The van der Waals surface area contributed by atoms with Crippen molar-refractivity contribution in [3.05, 3.63) is 65.0 Å². The molecule has 0 aromatic heterocycles. The smallest absolute Gasteiger partial charge is 0.123 e. The lowest BCUT2D eigenvalue weighted by Crippen LogP contribution is -2.46. The lowest BCUT2D eigenvalue weighted by atomic mass is 9.90. The molecule has 1 atom stereocenters. The van der Waals surface area contributed by atoms with Crippen LogP contribution in [0.4, 0.5) is 4.39 Å². The number of hydrogen-bond acceptors (Lipinski definition) is 4. The fourth-order valence-electron chi connectivity index (χ4n) is 4.48. The highest BCUT2D eigenvalue weighted by molar-refractivity contribution is 5.40. The van der Waals surface area contributed by atoms with Gasteiger partial charge in [-0.15, -0.1) is 0 Å². The summed E-state index contributed by atoms with van der Waals surface area (Å²) in [5, 5.41) is 9.15. The molecule has 0 bridgehead atoms. The third-order valence-corrected chi connectivity index (χ3v) is 6.53. The molecule has 1 fully saturated rings. The van der Waals surface area contributed by atoms with Crippen LogP contribution < -0.4 is 4.74 Å². The van der Waals surface area contributed by atoms with Crippen LogP contribution >= 0.6 is 0 Å². The summed E-state index contributed by atoms with van der Waals surface area (Å²) < 4.78 is 18.6. The van der Waals surface area contributed by atoms with Gasteiger partial charge in [-0.05, 0) is 86.5 Å². The van der Waals surface area contributed by atoms with Crippen molar-refractivity contribution in [1.82, 2.24) is 9.80 Å². The van der Waals surface area contributed by atoms with Crippen LogP contribution in [0, 0.1) is 24.1 Å². The summed E-state index contributed by atoms with van der Waals surface area (Å²) in [7, 11) is 0. The lowest BCUT2D eigenvalue weighted by molar-refractivity contribution is 0.124. The summed E-state index contributed by atoms with van der Waals surface area (Å²) in [5.74, 6) is 1.08. The SMILES string of the molecule is CCC(CCCN1CCN(CCCOc2ccc(F)cc2)CC1)c1ccc(C#N)c(C)c1. The minimum Gasteiger partial charge on any atom is -0.494 e. The fraction of sp³-hybridized carbons (Fsp3) is 0.519. The standard InChI is InChI=1S/C27H36FN3O/c1-3-23(24-7-8-25(21-29)22(2)20-24)6-4-13-30-15-17-31(18-16-30)14-5-19-32-27-11-9-26(28)10-12-27/h7-12,20,23H,3-6,13-19H2,1-2H3. The Morgan fingerprint density at radius 2 is 1.66 bits per heavy atom. The van der Waals surface area contributed by atoms with E-state index >= 15 is 0 Å². The van der Waals surface area contributed by atoms with Crippen LogP contribution in [0.25, 0.3) is 0 Å². The van der Waals surface area contributed by atoms with Gasteiger partial charge in [-0.25, -0.2) is 4.39 Å². The average molecular weight is 438 g/mol. The lowest BCUT2D eigenvalue weighted by Gasteiger charge is -2.35. The zero-order chi connectivity index (χ0) is 22.8. The maximum Gasteiger partial charge on any atom is 0.123 e. The van der Waals surface area contributed by atoms with Gasteiger partial charge in [0.1, 0.15) is 11.6 Å². The summed E-state index contributed by atoms with van der Waals surface area (Å²) >= 11 is 0. The molecule has 1 unspecified atom stereocenters. The number of ether oxygens (including phenoxy) is 1. The maximum atomic E-state index is 12.9. The number of nitrogens with zero attached hydrogens (tertiary/aromatic N) is 3. The van der Waals surface area contributed by atoms with Crippen LogP contribution in [0.2, 0.25) is 0 Å². The molecule has 0 N–H and O–H groups in total. The van der Waals surface area contributed by atoms with Gasteiger partial charge in [-0.1, -0.05) is 19.1 Å². The molecule has 1 aliphatic rings. The number of piperazine rings is 1. The monoisotopic (exact) mass is 437 g/mol. The van der Waals surface area contributed by atoms with E-state index in [1.165, 1.54) is 30.5 Å². The molecule has 0 radical (unpaired) electrons. The molecule has 4 nitrogen and oxygen atoms in total. The third kappa shape index (κ3) is 7.32. The summed E-state index contributed by atoms with van der Waals surface area (Å²) in [5.41, 5.74) is 3.24. The van der Waals surface area contributed by atoms with Gasteiger partial charge in [-0.2, -0.15) is 5.26 Å². The minimum atomic E-state index is -0.232. The first-order valence-electron chi connectivity index (χ1n) is 11.9. The van der Waals surface area contributed by atoms with Crippen molar-refractivity contribution >= 4 is 0 Å². The van der Waals surface area contributed by atoms with Gasteiger partial charge >= 0.3 is 0 Å². The van der Waals surface area contributed by atoms with Crippen molar-refractivity contribution in [2.45, 2.75) is 45.4 Å². The Bertz CT molecular complexity index is 869. The van der Waals surface area contributed by atoms with Crippen molar-refractivity contribution in [2.24, 2.45) is 0 Å². The van der Waals surface area contributed by atoms with E-state index in [-0.39, 0.29) is 5.82 Å². The molecule has 1 heterocycles. The van der Waals surface area contributed by atoms with Crippen LogP contribution in [0.3, 0.4) is 0 Å². The Labute approximate surface area is 192 Å². The van der Waals surface area contributed by atoms with Crippen LogP contribution in [0.1, 0.15) is 55.2 Å². The van der Waals surface area contributed by atoms with E-state index in [9.17, 15) is 4.39 Å². The van der Waals surface area contributed by atoms with Gasteiger partial charge in [0.2, 0.25) is 0 Å². The Kier molecular flexibility index (Phi) is 9.52. The van der Waals surface area contributed by atoms with Crippen molar-refractivity contribution < 1.29 is 9.13 Å². The molecule has 0 aliphatic carbocycles. The maximum absolute atomic E-state index is 12.9. The Morgan fingerprint density at radius 3 is 2.25 bits per heavy atom. The van der Waals surface area contributed by atoms with Crippen molar-refractivity contribution in [3.63, 3.8) is 0 Å². The van der Waals surface area contributed by atoms with Gasteiger partial charge < -0.3 is 14.5 Å². The van der Waals surface area contributed by atoms with E-state index in [4.69, 9.17) is 10.00 Å². The number of rotatable bonds is 11. The van der Waals surface area contributed by atoms with E-state index in [2.05, 4.69) is 34.9 Å². The highest BCUT2D eigenvalue weighted by Gasteiger charge is 2.17. The Morgan fingerprint density at radius 1 is 1.00 bits per heavy atom. The summed E-state index contributed by atoms with van der Waals surface area (Å²) in [6, 6.07) is 14.8. The van der Waals surface area contributed by atoms with Crippen LogP contribution in [-0.4, -0.2) is 55.7 Å². The van der Waals surface area contributed by atoms with Gasteiger partial charge in [-0.3, -0.25) is 0 Å². The zero-order valence-electron chi connectivity index (χ0n) is 19.5. The highest BCUT2D eigenvalue weighted by Crippen LogP contribution is 2.26. The molecule has 0 amide bonds. The molecule has 1 aliphatic heterocycles. The molecule has 1 saturated heterocycles. The molecule has 3 rings (SSSR count).